The SMILES string of the molecule is O=C(Nc1ccc(Br)cn1)C1(c2ccc(Br)cc2)CC1. The molecule has 1 aromatic carbocycles. The van der Waals surface area contributed by atoms with Crippen LogP contribution in [0.25, 0.3) is 0 Å². The molecule has 0 aliphatic heterocycles. The van der Waals surface area contributed by atoms with Gasteiger partial charge in [0.2, 0.25) is 5.91 Å². The predicted octanol–water partition coefficient (Wildman–Crippen LogP) is 4.28. The van der Waals surface area contributed by atoms with Crippen molar-refractivity contribution in [3.8, 4) is 0 Å². The van der Waals surface area contributed by atoms with E-state index in [2.05, 4.69) is 42.2 Å². The summed E-state index contributed by atoms with van der Waals surface area (Å²) in [6, 6.07) is 11.6. The van der Waals surface area contributed by atoms with Gasteiger partial charge >= 0.3 is 0 Å². The zero-order valence-corrected chi connectivity index (χ0v) is 13.7. The number of hydrogen-bond donors (Lipinski definition) is 1. The second kappa shape index (κ2) is 5.30. The van der Waals surface area contributed by atoms with Gasteiger partial charge in [-0.2, -0.15) is 0 Å². The number of nitrogens with zero attached hydrogens (tertiary/aromatic N) is 1. The van der Waals surface area contributed by atoms with Crippen molar-refractivity contribution < 1.29 is 4.79 Å². The van der Waals surface area contributed by atoms with Gasteiger partial charge in [0, 0.05) is 15.1 Å². The minimum atomic E-state index is -0.380. The van der Waals surface area contributed by atoms with Gasteiger partial charge in [-0.1, -0.05) is 28.1 Å². The molecule has 0 radical (unpaired) electrons. The van der Waals surface area contributed by atoms with Gasteiger partial charge in [-0.25, -0.2) is 4.98 Å². The number of benzene rings is 1. The van der Waals surface area contributed by atoms with Crippen molar-refractivity contribution in [2.75, 3.05) is 5.32 Å². The number of nitrogens with one attached hydrogen (secondary N) is 1. The first-order valence-electron chi connectivity index (χ1n) is 6.29. The van der Waals surface area contributed by atoms with E-state index >= 15 is 0 Å². The van der Waals surface area contributed by atoms with Gasteiger partial charge in [0.1, 0.15) is 5.82 Å². The van der Waals surface area contributed by atoms with Crippen LogP contribution >= 0.6 is 31.9 Å². The predicted molar refractivity (Wildman–Crippen MR) is 85.6 cm³/mol. The molecule has 5 heteroatoms. The summed E-state index contributed by atoms with van der Waals surface area (Å²) in [6.07, 6.45) is 3.45. The molecule has 1 fully saturated rings. The number of rotatable bonds is 3. The summed E-state index contributed by atoms with van der Waals surface area (Å²) in [5, 5.41) is 2.90. The zero-order valence-electron chi connectivity index (χ0n) is 10.6. The van der Waals surface area contributed by atoms with Crippen molar-refractivity contribution in [2.24, 2.45) is 0 Å². The molecule has 0 bridgehead atoms. The molecule has 1 aromatic heterocycles. The lowest BCUT2D eigenvalue weighted by Gasteiger charge is -2.15. The summed E-state index contributed by atoms with van der Waals surface area (Å²) >= 11 is 6.74. The maximum Gasteiger partial charge on any atom is 0.236 e. The fourth-order valence-corrected chi connectivity index (χ4v) is 2.73. The average molecular weight is 396 g/mol. The quantitative estimate of drug-likeness (QED) is 0.842. The number of aromatic nitrogens is 1. The second-order valence-electron chi connectivity index (χ2n) is 4.90. The van der Waals surface area contributed by atoms with E-state index in [4.69, 9.17) is 0 Å². The first-order valence-corrected chi connectivity index (χ1v) is 7.88. The van der Waals surface area contributed by atoms with Crippen molar-refractivity contribution in [3.05, 3.63) is 57.1 Å². The standard InChI is InChI=1S/C15H12Br2N2O/c16-11-3-1-10(2-4-11)15(7-8-15)14(20)19-13-6-5-12(17)9-18-13/h1-6,9H,7-8H2,(H,18,19,20). The normalized spacial score (nSPS) is 15.7. The Hall–Kier alpha value is -1.20. The minimum Gasteiger partial charge on any atom is -0.310 e. The summed E-state index contributed by atoms with van der Waals surface area (Å²) < 4.78 is 1.91. The number of carbonyl (C=O) groups is 1. The molecular formula is C15H12Br2N2O. The molecule has 20 heavy (non-hydrogen) atoms. The van der Waals surface area contributed by atoms with Crippen molar-refractivity contribution in [2.45, 2.75) is 18.3 Å². The lowest BCUT2D eigenvalue weighted by atomic mass is 9.95. The number of amides is 1. The highest BCUT2D eigenvalue weighted by molar-refractivity contribution is 9.10. The van der Waals surface area contributed by atoms with Crippen LogP contribution in [0.15, 0.2) is 51.5 Å². The number of hydrogen-bond acceptors (Lipinski definition) is 2. The zero-order chi connectivity index (χ0) is 14.2. The largest absolute Gasteiger partial charge is 0.310 e. The highest BCUT2D eigenvalue weighted by atomic mass is 79.9. The smallest absolute Gasteiger partial charge is 0.236 e. The summed E-state index contributed by atoms with van der Waals surface area (Å²) in [5.41, 5.74) is 0.686. The molecular weight excluding hydrogens is 384 g/mol. The lowest BCUT2D eigenvalue weighted by molar-refractivity contribution is -0.118. The van der Waals surface area contributed by atoms with Crippen LogP contribution < -0.4 is 5.32 Å². The fourth-order valence-electron chi connectivity index (χ4n) is 2.23. The van der Waals surface area contributed by atoms with E-state index in [0.29, 0.717) is 5.82 Å². The molecule has 1 amide bonds. The van der Waals surface area contributed by atoms with Gasteiger partial charge in [-0.3, -0.25) is 4.79 Å². The Balaban J connectivity index is 1.79. The lowest BCUT2D eigenvalue weighted by Crippen LogP contribution is -2.28. The van der Waals surface area contributed by atoms with Crippen molar-refractivity contribution in [1.29, 1.82) is 0 Å². The Labute approximate surface area is 134 Å². The molecule has 0 spiro atoms. The van der Waals surface area contributed by atoms with E-state index in [1.807, 2.05) is 30.3 Å². The van der Waals surface area contributed by atoms with E-state index in [0.717, 1.165) is 27.4 Å². The second-order valence-corrected chi connectivity index (χ2v) is 6.74. The van der Waals surface area contributed by atoms with Crippen LogP contribution in [0.1, 0.15) is 18.4 Å². The van der Waals surface area contributed by atoms with Crippen LogP contribution in [0.3, 0.4) is 0 Å². The molecule has 1 aliphatic rings. The van der Waals surface area contributed by atoms with Gasteiger partial charge in [0.05, 0.1) is 5.41 Å². The van der Waals surface area contributed by atoms with Crippen LogP contribution in [-0.2, 0) is 10.2 Å². The third-order valence-corrected chi connectivity index (χ3v) is 4.55. The number of pyridine rings is 1. The van der Waals surface area contributed by atoms with Gasteiger partial charge < -0.3 is 5.32 Å². The van der Waals surface area contributed by atoms with E-state index in [-0.39, 0.29) is 11.3 Å². The molecule has 1 aliphatic carbocycles. The first kappa shape index (κ1) is 13.8. The van der Waals surface area contributed by atoms with Crippen LogP contribution in [0.2, 0.25) is 0 Å². The Morgan fingerprint density at radius 1 is 1.05 bits per heavy atom. The number of carbonyl (C=O) groups excluding carboxylic acids is 1. The third-order valence-electron chi connectivity index (χ3n) is 3.55. The highest BCUT2D eigenvalue weighted by Gasteiger charge is 2.51. The molecule has 0 saturated heterocycles. The maximum atomic E-state index is 12.5. The molecule has 3 nitrogen and oxygen atoms in total. The first-order chi connectivity index (χ1) is 9.60. The molecule has 1 saturated carbocycles. The molecule has 1 heterocycles. The van der Waals surface area contributed by atoms with Gasteiger partial charge in [0.25, 0.3) is 0 Å². The Kier molecular flexibility index (Phi) is 3.65. The number of halogens is 2. The van der Waals surface area contributed by atoms with E-state index < -0.39 is 0 Å². The van der Waals surface area contributed by atoms with Gasteiger partial charge in [0.15, 0.2) is 0 Å². The Morgan fingerprint density at radius 2 is 1.70 bits per heavy atom. The highest BCUT2D eigenvalue weighted by Crippen LogP contribution is 2.49. The van der Waals surface area contributed by atoms with E-state index in [9.17, 15) is 4.79 Å². The van der Waals surface area contributed by atoms with E-state index in [1.165, 1.54) is 0 Å². The molecule has 3 rings (SSSR count). The summed E-state index contributed by atoms with van der Waals surface area (Å²) in [5.74, 6) is 0.608. The molecule has 2 aromatic rings. The summed E-state index contributed by atoms with van der Waals surface area (Å²) in [6.45, 7) is 0. The van der Waals surface area contributed by atoms with E-state index in [1.54, 1.807) is 12.3 Å². The topological polar surface area (TPSA) is 42.0 Å². The fraction of sp³-hybridized carbons (Fsp3) is 0.200. The number of anilines is 1. The molecule has 0 atom stereocenters. The van der Waals surface area contributed by atoms with Gasteiger partial charge in [-0.05, 0) is 58.6 Å². The monoisotopic (exact) mass is 394 g/mol. The summed E-state index contributed by atoms with van der Waals surface area (Å²) in [4.78, 5) is 16.7. The average Bonchev–Trinajstić information content (AvgIpc) is 3.24. The van der Waals surface area contributed by atoms with Crippen molar-refractivity contribution in [3.63, 3.8) is 0 Å². The Bertz CT molecular complexity index is 634. The minimum absolute atomic E-state index is 0.0228. The molecule has 102 valence electrons. The van der Waals surface area contributed by atoms with Crippen LogP contribution in [-0.4, -0.2) is 10.9 Å². The third kappa shape index (κ3) is 2.65. The maximum absolute atomic E-state index is 12.5. The van der Waals surface area contributed by atoms with Crippen LogP contribution in [0, 0.1) is 0 Å². The Morgan fingerprint density at radius 3 is 2.25 bits per heavy atom. The summed E-state index contributed by atoms with van der Waals surface area (Å²) in [7, 11) is 0. The molecule has 1 N–H and O–H groups in total. The molecule has 0 unspecified atom stereocenters. The van der Waals surface area contributed by atoms with Gasteiger partial charge in [-0.15, -0.1) is 0 Å². The van der Waals surface area contributed by atoms with Crippen molar-refractivity contribution >= 4 is 43.6 Å². The van der Waals surface area contributed by atoms with Crippen LogP contribution in [0.4, 0.5) is 5.82 Å². The van der Waals surface area contributed by atoms with Crippen molar-refractivity contribution in [1.82, 2.24) is 4.98 Å². The van der Waals surface area contributed by atoms with Crippen LogP contribution in [0.5, 0.6) is 0 Å².